The highest BCUT2D eigenvalue weighted by Crippen LogP contribution is 2.40. The van der Waals surface area contributed by atoms with E-state index in [9.17, 15) is 14.7 Å². The number of ketones is 1. The van der Waals surface area contributed by atoms with Crippen molar-refractivity contribution in [1.82, 2.24) is 9.80 Å². The number of ether oxygens (including phenoxy) is 2. The first-order valence-electron chi connectivity index (χ1n) is 12.0. The van der Waals surface area contributed by atoms with Crippen molar-refractivity contribution >= 4 is 17.4 Å². The van der Waals surface area contributed by atoms with Crippen molar-refractivity contribution in [3.05, 3.63) is 108 Å². The van der Waals surface area contributed by atoms with Crippen LogP contribution in [0.4, 0.5) is 0 Å². The van der Waals surface area contributed by atoms with Gasteiger partial charge in [-0.1, -0.05) is 43.0 Å². The third kappa shape index (κ3) is 5.90. The SMILES string of the molecule is C=CCOc1ccc(C(O)=C2C(=O)C(=O)N(CCN(C)C)[C@H]2c2cccc(Oc3ccccc3)c2)cc1. The fourth-order valence-electron chi connectivity index (χ4n) is 4.16. The molecular formula is C30H30N2O5. The van der Waals surface area contributed by atoms with Crippen molar-refractivity contribution in [3.8, 4) is 17.2 Å². The van der Waals surface area contributed by atoms with E-state index in [1.165, 1.54) is 4.90 Å². The lowest BCUT2D eigenvalue weighted by Crippen LogP contribution is -2.35. The number of carbonyl (C=O) groups excluding carboxylic acids is 2. The highest BCUT2D eigenvalue weighted by Gasteiger charge is 2.46. The van der Waals surface area contributed by atoms with E-state index in [1.807, 2.05) is 67.5 Å². The number of likely N-dealkylation sites (N-methyl/N-ethyl adjacent to an activating group) is 1. The van der Waals surface area contributed by atoms with Crippen LogP contribution in [0.2, 0.25) is 0 Å². The van der Waals surface area contributed by atoms with Gasteiger partial charge < -0.3 is 24.4 Å². The molecule has 1 atom stereocenters. The Morgan fingerprint density at radius 2 is 1.68 bits per heavy atom. The molecule has 0 radical (unpaired) electrons. The van der Waals surface area contributed by atoms with E-state index in [0.717, 1.165) is 0 Å². The Morgan fingerprint density at radius 1 is 0.973 bits per heavy atom. The van der Waals surface area contributed by atoms with Crippen LogP contribution < -0.4 is 9.47 Å². The number of benzene rings is 3. The Morgan fingerprint density at radius 3 is 2.35 bits per heavy atom. The summed E-state index contributed by atoms with van der Waals surface area (Å²) in [5, 5.41) is 11.3. The summed E-state index contributed by atoms with van der Waals surface area (Å²) in [6.07, 6.45) is 1.64. The Bertz CT molecular complexity index is 1300. The van der Waals surface area contributed by atoms with Gasteiger partial charge in [0.2, 0.25) is 0 Å². The van der Waals surface area contributed by atoms with E-state index in [2.05, 4.69) is 6.58 Å². The zero-order valence-corrected chi connectivity index (χ0v) is 21.0. The lowest BCUT2D eigenvalue weighted by Gasteiger charge is -2.27. The van der Waals surface area contributed by atoms with Crippen LogP contribution in [0.1, 0.15) is 17.2 Å². The molecule has 3 aromatic rings. The molecule has 0 saturated carbocycles. The number of hydrogen-bond acceptors (Lipinski definition) is 6. The van der Waals surface area contributed by atoms with Gasteiger partial charge in [-0.2, -0.15) is 0 Å². The number of aliphatic hydroxyl groups excluding tert-OH is 1. The van der Waals surface area contributed by atoms with Gasteiger partial charge >= 0.3 is 0 Å². The molecular weight excluding hydrogens is 468 g/mol. The first-order chi connectivity index (χ1) is 17.9. The van der Waals surface area contributed by atoms with Crippen LogP contribution in [0.3, 0.4) is 0 Å². The first-order valence-corrected chi connectivity index (χ1v) is 12.0. The van der Waals surface area contributed by atoms with Crippen LogP contribution in [0, 0.1) is 0 Å². The van der Waals surface area contributed by atoms with E-state index in [1.54, 1.807) is 36.4 Å². The first kappa shape index (κ1) is 25.7. The van der Waals surface area contributed by atoms with E-state index >= 15 is 0 Å². The summed E-state index contributed by atoms with van der Waals surface area (Å²) in [6, 6.07) is 22.5. The summed E-state index contributed by atoms with van der Waals surface area (Å²) in [6.45, 7) is 4.85. The minimum Gasteiger partial charge on any atom is -0.507 e. The summed E-state index contributed by atoms with van der Waals surface area (Å²) in [4.78, 5) is 29.9. The topological polar surface area (TPSA) is 79.3 Å². The predicted molar refractivity (Wildman–Crippen MR) is 143 cm³/mol. The van der Waals surface area contributed by atoms with Gasteiger partial charge in [0.05, 0.1) is 11.6 Å². The Hall–Kier alpha value is -4.36. The summed E-state index contributed by atoms with van der Waals surface area (Å²) in [5.41, 5.74) is 1.12. The number of nitrogens with zero attached hydrogens (tertiary/aromatic N) is 2. The maximum Gasteiger partial charge on any atom is 0.295 e. The molecule has 1 N–H and O–H groups in total. The molecule has 190 valence electrons. The minimum atomic E-state index is -0.768. The third-order valence-corrected chi connectivity index (χ3v) is 5.98. The molecule has 0 aromatic heterocycles. The highest BCUT2D eigenvalue weighted by molar-refractivity contribution is 6.46. The number of para-hydroxylation sites is 1. The van der Waals surface area contributed by atoms with Crippen molar-refractivity contribution in [2.75, 3.05) is 33.8 Å². The van der Waals surface area contributed by atoms with Crippen LogP contribution in [-0.4, -0.2) is 60.4 Å². The van der Waals surface area contributed by atoms with Crippen molar-refractivity contribution in [2.45, 2.75) is 6.04 Å². The van der Waals surface area contributed by atoms with Gasteiger partial charge in [0.15, 0.2) is 0 Å². The molecule has 37 heavy (non-hydrogen) atoms. The fraction of sp³-hybridized carbons (Fsp3) is 0.200. The number of carbonyl (C=O) groups is 2. The Labute approximate surface area is 216 Å². The third-order valence-electron chi connectivity index (χ3n) is 5.98. The number of hydrogen-bond donors (Lipinski definition) is 1. The number of Topliss-reactive ketones (excluding diaryl/α,β-unsaturated/α-hetero) is 1. The van der Waals surface area contributed by atoms with Crippen molar-refractivity contribution in [3.63, 3.8) is 0 Å². The predicted octanol–water partition coefficient (Wildman–Crippen LogP) is 5.03. The highest BCUT2D eigenvalue weighted by atomic mass is 16.5. The van der Waals surface area contributed by atoms with Crippen LogP contribution in [0.15, 0.2) is 97.1 Å². The maximum absolute atomic E-state index is 13.3. The zero-order chi connectivity index (χ0) is 26.4. The smallest absolute Gasteiger partial charge is 0.295 e. The van der Waals surface area contributed by atoms with Crippen LogP contribution in [0.25, 0.3) is 5.76 Å². The van der Waals surface area contributed by atoms with E-state index in [0.29, 0.717) is 48.1 Å². The van der Waals surface area contributed by atoms with Crippen LogP contribution in [0.5, 0.6) is 17.2 Å². The molecule has 1 saturated heterocycles. The summed E-state index contributed by atoms with van der Waals surface area (Å²) < 4.78 is 11.5. The average molecular weight is 499 g/mol. The molecule has 1 heterocycles. The molecule has 0 bridgehead atoms. The minimum absolute atomic E-state index is 0.0420. The second kappa shape index (κ2) is 11.6. The van der Waals surface area contributed by atoms with Gasteiger partial charge in [-0.25, -0.2) is 0 Å². The van der Waals surface area contributed by atoms with Gasteiger partial charge in [-0.3, -0.25) is 9.59 Å². The number of aliphatic hydroxyl groups is 1. The molecule has 7 nitrogen and oxygen atoms in total. The summed E-state index contributed by atoms with van der Waals surface area (Å²) >= 11 is 0. The molecule has 1 fully saturated rings. The number of rotatable bonds is 10. The Balaban J connectivity index is 1.75. The summed E-state index contributed by atoms with van der Waals surface area (Å²) in [7, 11) is 3.80. The van der Waals surface area contributed by atoms with E-state index < -0.39 is 17.7 Å². The maximum atomic E-state index is 13.3. The van der Waals surface area contributed by atoms with Crippen LogP contribution >= 0.6 is 0 Å². The molecule has 1 aliphatic rings. The fourth-order valence-corrected chi connectivity index (χ4v) is 4.16. The molecule has 0 aliphatic carbocycles. The van der Waals surface area contributed by atoms with Gasteiger partial charge in [-0.05, 0) is 68.2 Å². The molecule has 0 unspecified atom stereocenters. The monoisotopic (exact) mass is 498 g/mol. The quantitative estimate of drug-likeness (QED) is 0.183. The van der Waals surface area contributed by atoms with Gasteiger partial charge in [0, 0.05) is 18.7 Å². The second-order valence-electron chi connectivity index (χ2n) is 8.91. The molecule has 0 spiro atoms. The van der Waals surface area contributed by atoms with Crippen LogP contribution in [-0.2, 0) is 9.59 Å². The molecule has 1 amide bonds. The van der Waals surface area contributed by atoms with Crippen molar-refractivity contribution in [1.29, 1.82) is 0 Å². The average Bonchev–Trinajstić information content (AvgIpc) is 3.16. The lowest BCUT2D eigenvalue weighted by atomic mass is 9.95. The normalized spacial score (nSPS) is 16.7. The molecule has 3 aromatic carbocycles. The standard InChI is InChI=1S/C30H30N2O5/c1-4-19-36-23-15-13-21(14-16-23)28(33)26-27(32(18-17-31(2)3)30(35)29(26)34)22-9-8-12-25(20-22)37-24-10-6-5-7-11-24/h4-16,20,27,33H,1,17-19H2,2-3H3/t27-/m0/s1. The molecule has 4 rings (SSSR count). The molecule has 7 heteroatoms. The largest absolute Gasteiger partial charge is 0.507 e. The second-order valence-corrected chi connectivity index (χ2v) is 8.91. The van der Waals surface area contributed by atoms with Crippen molar-refractivity contribution < 1.29 is 24.2 Å². The lowest BCUT2D eigenvalue weighted by molar-refractivity contribution is -0.140. The van der Waals surface area contributed by atoms with E-state index in [4.69, 9.17) is 9.47 Å². The number of likely N-dealkylation sites (tertiary alicyclic amines) is 1. The molecule has 1 aliphatic heterocycles. The van der Waals surface area contributed by atoms with Gasteiger partial charge in [0.1, 0.15) is 29.6 Å². The Kier molecular flexibility index (Phi) is 8.05. The van der Waals surface area contributed by atoms with Gasteiger partial charge in [-0.15, -0.1) is 0 Å². The zero-order valence-electron chi connectivity index (χ0n) is 21.0. The van der Waals surface area contributed by atoms with Gasteiger partial charge in [0.25, 0.3) is 11.7 Å². The summed E-state index contributed by atoms with van der Waals surface area (Å²) in [5.74, 6) is 0.229. The number of amides is 1. The van der Waals surface area contributed by atoms with E-state index in [-0.39, 0.29) is 11.3 Å². The van der Waals surface area contributed by atoms with Crippen molar-refractivity contribution in [2.24, 2.45) is 0 Å².